The van der Waals surface area contributed by atoms with Crippen molar-refractivity contribution >= 4 is 34.4 Å². The standard InChI is InChI=1S/C12H15Cl2P/c1-2-3-4-5-6-11-7-9-12(10-8-11)15(13)14/h4-5,7-10H,2-3,6H2,1H3. The van der Waals surface area contributed by atoms with E-state index >= 15 is 0 Å². The zero-order chi connectivity index (χ0) is 11.1. The van der Waals surface area contributed by atoms with Crippen LogP contribution in [0.4, 0.5) is 0 Å². The second-order valence-electron chi connectivity index (χ2n) is 3.36. The van der Waals surface area contributed by atoms with Crippen LogP contribution in [0, 0.1) is 0 Å². The summed E-state index contributed by atoms with van der Waals surface area (Å²) in [4.78, 5) is 0. The molecule has 0 nitrogen and oxygen atoms in total. The van der Waals surface area contributed by atoms with E-state index in [1.807, 2.05) is 12.1 Å². The molecule has 0 saturated carbocycles. The van der Waals surface area contributed by atoms with Gasteiger partial charge in [0.25, 0.3) is 0 Å². The van der Waals surface area contributed by atoms with Gasteiger partial charge in [-0.05, 0) is 18.4 Å². The summed E-state index contributed by atoms with van der Waals surface area (Å²) in [6.07, 6.45) is 7.79. The van der Waals surface area contributed by atoms with Crippen molar-refractivity contribution < 1.29 is 0 Å². The van der Waals surface area contributed by atoms with Crippen molar-refractivity contribution in [2.24, 2.45) is 0 Å². The van der Waals surface area contributed by atoms with Crippen LogP contribution in [0.5, 0.6) is 0 Å². The number of hydrogen-bond acceptors (Lipinski definition) is 0. The number of allylic oxidation sites excluding steroid dienone is 2. The third kappa shape index (κ3) is 5.02. The van der Waals surface area contributed by atoms with E-state index in [4.69, 9.17) is 22.5 Å². The molecule has 0 fully saturated rings. The highest BCUT2D eigenvalue weighted by molar-refractivity contribution is 8.08. The van der Waals surface area contributed by atoms with Gasteiger partial charge in [0.2, 0.25) is 0 Å². The Morgan fingerprint density at radius 3 is 2.33 bits per heavy atom. The minimum atomic E-state index is -1.00. The fourth-order valence-electron chi connectivity index (χ4n) is 1.25. The molecule has 0 spiro atoms. The maximum absolute atomic E-state index is 5.82. The number of unbranched alkanes of at least 4 members (excludes halogenated alkanes) is 1. The lowest BCUT2D eigenvalue weighted by atomic mass is 10.1. The molecule has 3 heteroatoms. The Labute approximate surface area is 103 Å². The number of hydrogen-bond donors (Lipinski definition) is 0. The molecule has 0 amide bonds. The van der Waals surface area contributed by atoms with E-state index in [9.17, 15) is 0 Å². The summed E-state index contributed by atoms with van der Waals surface area (Å²) >= 11 is 11.6. The summed E-state index contributed by atoms with van der Waals surface area (Å²) in [6, 6.07) is 8.20. The number of rotatable bonds is 5. The van der Waals surface area contributed by atoms with Gasteiger partial charge in [0, 0.05) is 5.30 Å². The van der Waals surface area contributed by atoms with Crippen molar-refractivity contribution in [2.45, 2.75) is 26.2 Å². The quantitative estimate of drug-likeness (QED) is 0.516. The van der Waals surface area contributed by atoms with Gasteiger partial charge in [0.15, 0.2) is 0 Å². The smallest absolute Gasteiger partial charge is 0.0882 e. The van der Waals surface area contributed by atoms with Gasteiger partial charge in [-0.2, -0.15) is 0 Å². The van der Waals surface area contributed by atoms with Crippen molar-refractivity contribution in [1.29, 1.82) is 0 Å². The van der Waals surface area contributed by atoms with Crippen molar-refractivity contribution in [2.75, 3.05) is 0 Å². The molecule has 0 aliphatic rings. The first-order valence-electron chi connectivity index (χ1n) is 5.09. The molecule has 15 heavy (non-hydrogen) atoms. The van der Waals surface area contributed by atoms with Gasteiger partial charge < -0.3 is 0 Å². The van der Waals surface area contributed by atoms with E-state index in [0.717, 1.165) is 18.1 Å². The minimum absolute atomic E-state index is 0.989. The Morgan fingerprint density at radius 1 is 1.13 bits per heavy atom. The third-order valence-electron chi connectivity index (χ3n) is 2.11. The highest BCUT2D eigenvalue weighted by Gasteiger charge is 2.01. The van der Waals surface area contributed by atoms with Gasteiger partial charge in [-0.3, -0.25) is 0 Å². The summed E-state index contributed by atoms with van der Waals surface area (Å²) in [5.74, 6) is 0. The summed E-state index contributed by atoms with van der Waals surface area (Å²) in [7, 11) is 0. The predicted octanol–water partition coefficient (Wildman–Crippen LogP) is 5.00. The van der Waals surface area contributed by atoms with Crippen LogP contribution in [0.3, 0.4) is 0 Å². The highest BCUT2D eigenvalue weighted by Crippen LogP contribution is 2.45. The van der Waals surface area contributed by atoms with E-state index in [-0.39, 0.29) is 0 Å². The van der Waals surface area contributed by atoms with Crippen molar-refractivity contribution in [3.63, 3.8) is 0 Å². The lowest BCUT2D eigenvalue weighted by Gasteiger charge is -2.01. The second kappa shape index (κ2) is 7.28. The Balaban J connectivity index is 2.49. The normalized spacial score (nSPS) is 11.5. The van der Waals surface area contributed by atoms with Crippen LogP contribution in [0.1, 0.15) is 25.3 Å². The monoisotopic (exact) mass is 260 g/mol. The van der Waals surface area contributed by atoms with E-state index in [1.165, 1.54) is 12.0 Å². The van der Waals surface area contributed by atoms with Crippen LogP contribution in [0.15, 0.2) is 36.4 Å². The summed E-state index contributed by atoms with van der Waals surface area (Å²) in [5, 5.41) is 1.02. The van der Waals surface area contributed by atoms with Crippen LogP contribution < -0.4 is 5.30 Å². The van der Waals surface area contributed by atoms with Gasteiger partial charge in [-0.15, -0.1) is 0 Å². The van der Waals surface area contributed by atoms with Gasteiger partial charge in [-0.25, -0.2) is 0 Å². The molecule has 0 aliphatic heterocycles. The van der Waals surface area contributed by atoms with Crippen molar-refractivity contribution in [3.05, 3.63) is 42.0 Å². The molecular weight excluding hydrogens is 246 g/mol. The number of halogens is 2. The van der Waals surface area contributed by atoms with Crippen LogP contribution in [-0.4, -0.2) is 0 Å². The zero-order valence-electron chi connectivity index (χ0n) is 8.79. The van der Waals surface area contributed by atoms with Crippen LogP contribution in [-0.2, 0) is 6.42 Å². The summed E-state index contributed by atoms with van der Waals surface area (Å²) in [6.45, 7) is 1.18. The first-order valence-corrected chi connectivity index (χ1v) is 8.25. The van der Waals surface area contributed by atoms with Crippen molar-refractivity contribution in [1.82, 2.24) is 0 Å². The zero-order valence-corrected chi connectivity index (χ0v) is 11.2. The molecule has 82 valence electrons. The molecular formula is C12H15Cl2P. The van der Waals surface area contributed by atoms with E-state index < -0.39 is 6.63 Å². The molecule has 0 aromatic heterocycles. The Bertz CT molecular complexity index is 304. The first-order chi connectivity index (χ1) is 7.24. The highest BCUT2D eigenvalue weighted by atomic mass is 35.9. The molecule has 0 radical (unpaired) electrons. The average Bonchev–Trinajstić information content (AvgIpc) is 2.25. The van der Waals surface area contributed by atoms with Crippen molar-refractivity contribution in [3.8, 4) is 0 Å². The molecule has 0 aliphatic carbocycles. The third-order valence-corrected chi connectivity index (χ3v) is 3.97. The van der Waals surface area contributed by atoms with Gasteiger partial charge in [0.05, 0.1) is 0 Å². The summed E-state index contributed by atoms with van der Waals surface area (Å²) < 4.78 is 0. The molecule has 1 aromatic rings. The van der Waals surface area contributed by atoms with Gasteiger partial charge >= 0.3 is 0 Å². The van der Waals surface area contributed by atoms with E-state index in [1.54, 1.807) is 0 Å². The Kier molecular flexibility index (Phi) is 6.32. The largest absolute Gasteiger partial charge is 0.116 e. The SMILES string of the molecule is CCCC=CCc1ccc(P(Cl)Cl)cc1. The van der Waals surface area contributed by atoms with E-state index in [0.29, 0.717) is 0 Å². The predicted molar refractivity (Wildman–Crippen MR) is 72.5 cm³/mol. The van der Waals surface area contributed by atoms with Gasteiger partial charge in [0.1, 0.15) is 6.63 Å². The Morgan fingerprint density at radius 2 is 1.80 bits per heavy atom. The molecule has 0 unspecified atom stereocenters. The second-order valence-corrected chi connectivity index (χ2v) is 6.89. The topological polar surface area (TPSA) is 0 Å². The average molecular weight is 261 g/mol. The maximum Gasteiger partial charge on any atom is 0.116 e. The summed E-state index contributed by atoms with van der Waals surface area (Å²) in [5.41, 5.74) is 1.30. The maximum atomic E-state index is 5.82. The fourth-order valence-corrected chi connectivity index (χ4v) is 2.30. The van der Waals surface area contributed by atoms with Crippen LogP contribution in [0.2, 0.25) is 0 Å². The molecule has 1 rings (SSSR count). The molecule has 0 bridgehead atoms. The molecule has 0 saturated heterocycles. The lowest BCUT2D eigenvalue weighted by Crippen LogP contribution is -1.94. The fraction of sp³-hybridized carbons (Fsp3) is 0.333. The van der Waals surface area contributed by atoms with Crippen LogP contribution >= 0.6 is 29.1 Å². The first kappa shape index (κ1) is 13.0. The minimum Gasteiger partial charge on any atom is -0.0882 e. The molecule has 0 N–H and O–H groups in total. The van der Waals surface area contributed by atoms with E-state index in [2.05, 4.69) is 31.2 Å². The van der Waals surface area contributed by atoms with Crippen LogP contribution in [0.25, 0.3) is 0 Å². The number of benzene rings is 1. The molecule has 1 aromatic carbocycles. The van der Waals surface area contributed by atoms with Gasteiger partial charge in [-0.1, -0.05) is 72.2 Å². The molecule has 0 heterocycles. The molecule has 0 atom stereocenters. The lowest BCUT2D eigenvalue weighted by molar-refractivity contribution is 0.953. The Hall–Kier alpha value is -0.0300.